The van der Waals surface area contributed by atoms with Crippen LogP contribution in [-0.2, 0) is 0 Å². The van der Waals surface area contributed by atoms with Crippen LogP contribution in [0.15, 0.2) is 45.6 Å². The molecule has 0 N–H and O–H groups in total. The molecule has 16 heavy (non-hydrogen) atoms. The van der Waals surface area contributed by atoms with Crippen LogP contribution in [0, 0.1) is 23.2 Å². The van der Waals surface area contributed by atoms with Gasteiger partial charge in [0, 0.05) is 5.92 Å². The lowest BCUT2D eigenvalue weighted by Gasteiger charge is -2.33. The maximum absolute atomic E-state index is 2.48. The molecule has 0 heterocycles. The molecule has 1 saturated carbocycles. The van der Waals surface area contributed by atoms with Gasteiger partial charge in [-0.15, -0.1) is 0 Å². The fourth-order valence-electron chi connectivity index (χ4n) is 3.59. The van der Waals surface area contributed by atoms with Gasteiger partial charge in [0.05, 0.1) is 0 Å². The summed E-state index contributed by atoms with van der Waals surface area (Å²) in [4.78, 5) is 0. The van der Waals surface area contributed by atoms with Crippen LogP contribution in [0.4, 0.5) is 0 Å². The van der Waals surface area contributed by atoms with Gasteiger partial charge in [0.2, 0.25) is 0 Å². The molecule has 1 heteroatoms. The molecule has 3 rings (SSSR count). The second-order valence-electron chi connectivity index (χ2n) is 5.68. The van der Waals surface area contributed by atoms with E-state index in [1.807, 2.05) is 0 Å². The van der Waals surface area contributed by atoms with E-state index < -0.39 is 0 Å². The fraction of sp³-hybridized carbons (Fsp3) is 0.467. The van der Waals surface area contributed by atoms with Crippen molar-refractivity contribution in [2.24, 2.45) is 23.2 Å². The predicted octanol–water partition coefficient (Wildman–Crippen LogP) is 4.65. The number of allylic oxidation sites excluding steroid dienone is 8. The molecule has 0 bridgehead atoms. The molecule has 0 radical (unpaired) electrons. The van der Waals surface area contributed by atoms with Gasteiger partial charge >= 0.3 is 0 Å². The highest BCUT2D eigenvalue weighted by molar-refractivity contribution is 14.1. The number of hydrogen-bond donors (Lipinski definition) is 0. The second kappa shape index (κ2) is 3.59. The summed E-state index contributed by atoms with van der Waals surface area (Å²) in [5.74, 6) is 2.10. The van der Waals surface area contributed by atoms with Crippen molar-refractivity contribution in [3.8, 4) is 0 Å². The highest BCUT2D eigenvalue weighted by Crippen LogP contribution is 2.59. The Morgan fingerprint density at radius 2 is 1.94 bits per heavy atom. The summed E-state index contributed by atoms with van der Waals surface area (Å²) in [7, 11) is 0. The van der Waals surface area contributed by atoms with Crippen molar-refractivity contribution in [3.63, 3.8) is 0 Å². The number of hydrogen-bond acceptors (Lipinski definition) is 0. The first-order valence-corrected chi connectivity index (χ1v) is 7.09. The summed E-state index contributed by atoms with van der Waals surface area (Å²) in [6.45, 7) is 4.88. The molecule has 0 aromatic rings. The quantitative estimate of drug-likeness (QED) is 0.569. The summed E-state index contributed by atoms with van der Waals surface area (Å²) >= 11 is 2.48. The Kier molecular flexibility index (Phi) is 2.43. The number of halogens is 1. The third kappa shape index (κ3) is 1.40. The van der Waals surface area contributed by atoms with Gasteiger partial charge in [0.25, 0.3) is 0 Å². The highest BCUT2D eigenvalue weighted by atomic mass is 127. The zero-order chi connectivity index (χ0) is 11.3. The van der Waals surface area contributed by atoms with Gasteiger partial charge in [-0.1, -0.05) is 55.9 Å². The number of rotatable bonds is 0. The van der Waals surface area contributed by atoms with Crippen molar-refractivity contribution >= 4 is 22.6 Å². The van der Waals surface area contributed by atoms with Crippen LogP contribution in [-0.4, -0.2) is 0 Å². The first-order chi connectivity index (χ1) is 7.60. The van der Waals surface area contributed by atoms with Crippen molar-refractivity contribution in [2.45, 2.75) is 20.3 Å². The van der Waals surface area contributed by atoms with Gasteiger partial charge in [-0.25, -0.2) is 0 Å². The largest absolute Gasteiger partial charge is 0.0800 e. The predicted molar refractivity (Wildman–Crippen MR) is 77.3 cm³/mol. The monoisotopic (exact) mass is 324 g/mol. The summed E-state index contributed by atoms with van der Waals surface area (Å²) in [5, 5.41) is 0. The van der Waals surface area contributed by atoms with Crippen molar-refractivity contribution in [3.05, 3.63) is 45.6 Å². The topological polar surface area (TPSA) is 0 Å². The van der Waals surface area contributed by atoms with Crippen LogP contribution in [0.1, 0.15) is 20.3 Å². The van der Waals surface area contributed by atoms with Crippen LogP contribution in [0.25, 0.3) is 0 Å². The second-order valence-corrected chi connectivity index (χ2v) is 7.07. The lowest BCUT2D eigenvalue weighted by molar-refractivity contribution is 0.218. The smallest absolute Gasteiger partial charge is 0.00544 e. The molecule has 0 aromatic carbocycles. The van der Waals surface area contributed by atoms with E-state index in [2.05, 4.69) is 72.9 Å². The molecule has 84 valence electrons. The average molecular weight is 324 g/mol. The maximum Gasteiger partial charge on any atom is 0.00544 e. The molecular weight excluding hydrogens is 307 g/mol. The van der Waals surface area contributed by atoms with Crippen molar-refractivity contribution in [1.29, 1.82) is 0 Å². The summed E-state index contributed by atoms with van der Waals surface area (Å²) < 4.78 is 1.51. The zero-order valence-corrected chi connectivity index (χ0v) is 11.9. The Bertz CT molecular complexity index is 434. The van der Waals surface area contributed by atoms with Crippen molar-refractivity contribution in [1.82, 2.24) is 0 Å². The number of fused-ring (bicyclic) bond motifs is 3. The van der Waals surface area contributed by atoms with E-state index in [4.69, 9.17) is 0 Å². The van der Waals surface area contributed by atoms with Crippen molar-refractivity contribution in [2.75, 3.05) is 0 Å². The molecule has 0 amide bonds. The minimum atomic E-state index is 0.405. The molecule has 0 saturated heterocycles. The van der Waals surface area contributed by atoms with Crippen LogP contribution >= 0.6 is 22.6 Å². The zero-order valence-electron chi connectivity index (χ0n) is 9.78. The van der Waals surface area contributed by atoms with Gasteiger partial charge < -0.3 is 0 Å². The Labute approximate surface area is 111 Å². The third-order valence-electron chi connectivity index (χ3n) is 4.54. The van der Waals surface area contributed by atoms with E-state index >= 15 is 0 Å². The maximum atomic E-state index is 2.48. The van der Waals surface area contributed by atoms with Crippen LogP contribution in [0.2, 0.25) is 0 Å². The SMILES string of the molecule is CC1(C)C2CC(I)=CC=C2C2C=CC=CC21. The molecule has 0 aliphatic heterocycles. The molecule has 3 unspecified atom stereocenters. The minimum Gasteiger partial charge on any atom is -0.0800 e. The van der Waals surface area contributed by atoms with E-state index in [1.54, 1.807) is 5.57 Å². The molecule has 3 atom stereocenters. The normalized spacial score (nSPS) is 38.8. The van der Waals surface area contributed by atoms with E-state index in [0.717, 1.165) is 5.92 Å². The molecule has 1 fully saturated rings. The van der Waals surface area contributed by atoms with Crippen LogP contribution < -0.4 is 0 Å². The molecule has 0 nitrogen and oxygen atoms in total. The summed E-state index contributed by atoms with van der Waals surface area (Å²) in [6, 6.07) is 0. The first kappa shape index (κ1) is 10.8. The lowest BCUT2D eigenvalue weighted by Crippen LogP contribution is -2.26. The van der Waals surface area contributed by atoms with Gasteiger partial charge in [0.1, 0.15) is 0 Å². The van der Waals surface area contributed by atoms with Gasteiger partial charge in [-0.05, 0) is 49.8 Å². The van der Waals surface area contributed by atoms with Crippen molar-refractivity contribution < 1.29 is 0 Å². The van der Waals surface area contributed by atoms with Gasteiger partial charge in [-0.2, -0.15) is 0 Å². The Morgan fingerprint density at radius 1 is 1.19 bits per heavy atom. The van der Waals surface area contributed by atoms with Gasteiger partial charge in [-0.3, -0.25) is 0 Å². The van der Waals surface area contributed by atoms with Crippen LogP contribution in [0.5, 0.6) is 0 Å². The Hall–Kier alpha value is -0.310. The average Bonchev–Trinajstić information content (AvgIpc) is 2.49. The molecular formula is C15H17I. The Morgan fingerprint density at radius 3 is 2.75 bits per heavy atom. The minimum absolute atomic E-state index is 0.405. The molecule has 0 aromatic heterocycles. The van der Waals surface area contributed by atoms with E-state index in [1.165, 1.54) is 10.0 Å². The van der Waals surface area contributed by atoms with E-state index in [0.29, 0.717) is 17.3 Å². The third-order valence-corrected chi connectivity index (χ3v) is 5.34. The lowest BCUT2D eigenvalue weighted by atomic mass is 9.72. The highest BCUT2D eigenvalue weighted by Gasteiger charge is 2.50. The fourth-order valence-corrected chi connectivity index (χ4v) is 4.21. The molecule has 3 aliphatic rings. The van der Waals surface area contributed by atoms with E-state index in [-0.39, 0.29) is 0 Å². The summed E-state index contributed by atoms with van der Waals surface area (Å²) in [6.07, 6.45) is 15.2. The van der Waals surface area contributed by atoms with E-state index in [9.17, 15) is 0 Å². The molecule has 3 aliphatic carbocycles. The van der Waals surface area contributed by atoms with Gasteiger partial charge in [0.15, 0.2) is 0 Å². The first-order valence-electron chi connectivity index (χ1n) is 6.02. The van der Waals surface area contributed by atoms with Crippen LogP contribution in [0.3, 0.4) is 0 Å². The molecule has 0 spiro atoms. The standard InChI is InChI=1S/C15H17I/c1-15(2)13-6-4-3-5-11(13)12-8-7-10(16)9-14(12)15/h3-8,11,13-14H,9H2,1-2H3. The Balaban J connectivity index is 2.09. The summed E-state index contributed by atoms with van der Waals surface area (Å²) in [5.41, 5.74) is 2.07.